The Bertz CT molecular complexity index is 561. The molecule has 1 nitrogen and oxygen atoms in total. The highest BCUT2D eigenvalue weighted by Gasteiger charge is 2.18. The van der Waals surface area contributed by atoms with Crippen LogP contribution in [-0.4, -0.2) is 4.98 Å². The van der Waals surface area contributed by atoms with Gasteiger partial charge in [-0.1, -0.05) is 32.0 Å². The van der Waals surface area contributed by atoms with Crippen molar-refractivity contribution in [3.05, 3.63) is 46.6 Å². The minimum atomic E-state index is 0.618. The van der Waals surface area contributed by atoms with Crippen LogP contribution >= 0.6 is 0 Å². The standard InChI is InChI=1S/C16H19N/c1-10(2)12-6-7-15-13(9-12)4-5-14-8-11(3)17-16(14)15/h6-10,17H,4-5H2,1-3H3. The quantitative estimate of drug-likeness (QED) is 0.748. The van der Waals surface area contributed by atoms with Gasteiger partial charge >= 0.3 is 0 Å². The molecular formula is C16H19N. The van der Waals surface area contributed by atoms with Crippen LogP contribution in [0.2, 0.25) is 0 Å². The van der Waals surface area contributed by atoms with Gasteiger partial charge in [-0.15, -0.1) is 0 Å². The minimum absolute atomic E-state index is 0.618. The van der Waals surface area contributed by atoms with Gasteiger partial charge in [0, 0.05) is 17.0 Å². The second kappa shape index (κ2) is 3.76. The first-order chi connectivity index (χ1) is 8.15. The molecule has 0 radical (unpaired) electrons. The maximum atomic E-state index is 3.50. The number of aryl methyl sites for hydroxylation is 3. The van der Waals surface area contributed by atoms with Crippen molar-refractivity contribution in [3.63, 3.8) is 0 Å². The summed E-state index contributed by atoms with van der Waals surface area (Å²) >= 11 is 0. The van der Waals surface area contributed by atoms with Gasteiger partial charge < -0.3 is 4.98 Å². The first-order valence-corrected chi connectivity index (χ1v) is 6.47. The fourth-order valence-corrected chi connectivity index (χ4v) is 2.78. The number of aromatic nitrogens is 1. The van der Waals surface area contributed by atoms with Crippen LogP contribution in [-0.2, 0) is 12.8 Å². The summed E-state index contributed by atoms with van der Waals surface area (Å²) < 4.78 is 0. The number of H-pyrrole nitrogens is 1. The SMILES string of the molecule is Cc1cc2c([nH]1)-c1ccc(C(C)C)cc1CC2. The number of nitrogens with one attached hydrogen (secondary N) is 1. The molecule has 0 amide bonds. The molecule has 1 N–H and O–H groups in total. The van der Waals surface area contributed by atoms with Crippen molar-refractivity contribution >= 4 is 0 Å². The lowest BCUT2D eigenvalue weighted by Crippen LogP contribution is -2.03. The maximum absolute atomic E-state index is 3.50. The molecular weight excluding hydrogens is 206 g/mol. The fraction of sp³-hybridized carbons (Fsp3) is 0.375. The monoisotopic (exact) mass is 225 g/mol. The van der Waals surface area contributed by atoms with Crippen LogP contribution in [0.25, 0.3) is 11.3 Å². The van der Waals surface area contributed by atoms with Crippen molar-refractivity contribution in [1.82, 2.24) is 4.98 Å². The maximum Gasteiger partial charge on any atom is 0.0491 e. The average molecular weight is 225 g/mol. The Morgan fingerprint density at radius 2 is 1.82 bits per heavy atom. The molecule has 1 heterocycles. The molecule has 0 saturated carbocycles. The van der Waals surface area contributed by atoms with Crippen LogP contribution in [0.1, 0.15) is 42.1 Å². The van der Waals surface area contributed by atoms with Crippen LogP contribution in [0.15, 0.2) is 24.3 Å². The van der Waals surface area contributed by atoms with Crippen LogP contribution in [0, 0.1) is 6.92 Å². The van der Waals surface area contributed by atoms with E-state index in [-0.39, 0.29) is 0 Å². The van der Waals surface area contributed by atoms with E-state index in [1.54, 1.807) is 0 Å². The van der Waals surface area contributed by atoms with E-state index in [0.29, 0.717) is 5.92 Å². The fourth-order valence-electron chi connectivity index (χ4n) is 2.78. The number of aromatic amines is 1. The van der Waals surface area contributed by atoms with Crippen LogP contribution < -0.4 is 0 Å². The zero-order valence-corrected chi connectivity index (χ0v) is 10.8. The largest absolute Gasteiger partial charge is 0.358 e. The minimum Gasteiger partial charge on any atom is -0.358 e. The number of benzene rings is 1. The van der Waals surface area contributed by atoms with Gasteiger partial charge in [-0.3, -0.25) is 0 Å². The Kier molecular flexibility index (Phi) is 2.36. The number of fused-ring (bicyclic) bond motifs is 3. The van der Waals surface area contributed by atoms with Gasteiger partial charge in [-0.2, -0.15) is 0 Å². The molecule has 1 aromatic carbocycles. The number of hydrogen-bond donors (Lipinski definition) is 1. The normalized spacial score (nSPS) is 13.6. The summed E-state index contributed by atoms with van der Waals surface area (Å²) in [6, 6.07) is 9.24. The van der Waals surface area contributed by atoms with E-state index in [2.05, 4.69) is 50.0 Å². The average Bonchev–Trinajstić information content (AvgIpc) is 2.69. The third-order valence-electron chi connectivity index (χ3n) is 3.76. The number of rotatable bonds is 1. The van der Waals surface area contributed by atoms with Crippen molar-refractivity contribution in [2.45, 2.75) is 39.5 Å². The van der Waals surface area contributed by atoms with E-state index in [1.165, 1.54) is 46.5 Å². The highest BCUT2D eigenvalue weighted by Crippen LogP contribution is 2.34. The van der Waals surface area contributed by atoms with Crippen molar-refractivity contribution in [2.75, 3.05) is 0 Å². The summed E-state index contributed by atoms with van der Waals surface area (Å²) in [6.07, 6.45) is 2.36. The van der Waals surface area contributed by atoms with E-state index in [9.17, 15) is 0 Å². The molecule has 1 aliphatic rings. The Labute approximate surface area is 103 Å². The van der Waals surface area contributed by atoms with E-state index in [1.807, 2.05) is 0 Å². The molecule has 1 aromatic heterocycles. The summed E-state index contributed by atoms with van der Waals surface area (Å²) in [5.74, 6) is 0.618. The molecule has 17 heavy (non-hydrogen) atoms. The first kappa shape index (κ1) is 10.6. The van der Waals surface area contributed by atoms with Crippen LogP contribution in [0.5, 0.6) is 0 Å². The van der Waals surface area contributed by atoms with Crippen molar-refractivity contribution < 1.29 is 0 Å². The third-order valence-corrected chi connectivity index (χ3v) is 3.76. The molecule has 0 bridgehead atoms. The van der Waals surface area contributed by atoms with E-state index < -0.39 is 0 Å². The second-order valence-electron chi connectivity index (χ2n) is 5.42. The summed E-state index contributed by atoms with van der Waals surface area (Å²) in [5.41, 5.74) is 8.46. The molecule has 0 aliphatic heterocycles. The van der Waals surface area contributed by atoms with E-state index in [0.717, 1.165) is 0 Å². The molecule has 3 rings (SSSR count). The second-order valence-corrected chi connectivity index (χ2v) is 5.42. The lowest BCUT2D eigenvalue weighted by molar-refractivity contribution is 0.855. The highest BCUT2D eigenvalue weighted by molar-refractivity contribution is 5.71. The van der Waals surface area contributed by atoms with Gasteiger partial charge in [-0.05, 0) is 48.4 Å². The van der Waals surface area contributed by atoms with E-state index >= 15 is 0 Å². The lowest BCUT2D eigenvalue weighted by Gasteiger charge is -2.18. The van der Waals surface area contributed by atoms with Gasteiger partial charge in [0.1, 0.15) is 0 Å². The first-order valence-electron chi connectivity index (χ1n) is 6.47. The summed E-state index contributed by atoms with van der Waals surface area (Å²) in [7, 11) is 0. The zero-order valence-electron chi connectivity index (χ0n) is 10.8. The predicted octanol–water partition coefficient (Wildman–Crippen LogP) is 4.21. The van der Waals surface area contributed by atoms with E-state index in [4.69, 9.17) is 0 Å². The van der Waals surface area contributed by atoms with Crippen molar-refractivity contribution in [3.8, 4) is 11.3 Å². The topological polar surface area (TPSA) is 15.8 Å². The van der Waals surface area contributed by atoms with Crippen LogP contribution in [0.3, 0.4) is 0 Å². The number of hydrogen-bond acceptors (Lipinski definition) is 0. The molecule has 0 atom stereocenters. The molecule has 1 aliphatic carbocycles. The Hall–Kier alpha value is -1.50. The van der Waals surface area contributed by atoms with Crippen molar-refractivity contribution in [2.24, 2.45) is 0 Å². The molecule has 0 unspecified atom stereocenters. The molecule has 0 spiro atoms. The lowest BCUT2D eigenvalue weighted by atomic mass is 9.87. The third kappa shape index (κ3) is 1.70. The Balaban J connectivity index is 2.14. The molecule has 2 aromatic rings. The van der Waals surface area contributed by atoms with Crippen molar-refractivity contribution in [1.29, 1.82) is 0 Å². The molecule has 1 heteroatoms. The Morgan fingerprint density at radius 3 is 2.59 bits per heavy atom. The smallest absolute Gasteiger partial charge is 0.0491 e. The molecule has 0 fully saturated rings. The van der Waals surface area contributed by atoms with Gasteiger partial charge in [0.15, 0.2) is 0 Å². The zero-order chi connectivity index (χ0) is 12.0. The highest BCUT2D eigenvalue weighted by atomic mass is 14.7. The van der Waals surface area contributed by atoms with Gasteiger partial charge in [0.25, 0.3) is 0 Å². The van der Waals surface area contributed by atoms with Gasteiger partial charge in [-0.25, -0.2) is 0 Å². The summed E-state index contributed by atoms with van der Waals surface area (Å²) in [4.78, 5) is 3.50. The van der Waals surface area contributed by atoms with Gasteiger partial charge in [0.2, 0.25) is 0 Å². The molecule has 0 saturated heterocycles. The molecule has 88 valence electrons. The summed E-state index contributed by atoms with van der Waals surface area (Å²) in [5, 5.41) is 0. The predicted molar refractivity (Wildman–Crippen MR) is 72.5 cm³/mol. The van der Waals surface area contributed by atoms with Gasteiger partial charge in [0.05, 0.1) is 0 Å². The summed E-state index contributed by atoms with van der Waals surface area (Å²) in [6.45, 7) is 6.66. The Morgan fingerprint density at radius 1 is 1.06 bits per heavy atom. The van der Waals surface area contributed by atoms with Crippen LogP contribution in [0.4, 0.5) is 0 Å².